The first-order chi connectivity index (χ1) is 6.97. The van der Waals surface area contributed by atoms with Crippen LogP contribution in [0.25, 0.3) is 11.7 Å². The Morgan fingerprint density at radius 3 is 2.47 bits per heavy atom. The van der Waals surface area contributed by atoms with Gasteiger partial charge < -0.3 is 4.52 Å². The third-order valence-corrected chi connectivity index (χ3v) is 1.80. The third kappa shape index (κ3) is 1.85. The van der Waals surface area contributed by atoms with E-state index in [9.17, 15) is 0 Å². The van der Waals surface area contributed by atoms with Crippen molar-refractivity contribution < 1.29 is 4.52 Å². The van der Waals surface area contributed by atoms with Crippen LogP contribution in [0.15, 0.2) is 4.52 Å². The molecule has 0 saturated carbocycles. The summed E-state index contributed by atoms with van der Waals surface area (Å²) in [6.07, 6.45) is 0. The molecule has 0 aromatic carbocycles. The molecule has 0 radical (unpaired) electrons. The maximum atomic E-state index is 5.05. The highest BCUT2D eigenvalue weighted by atomic mass is 16.5. The molecule has 80 valence electrons. The van der Waals surface area contributed by atoms with Crippen molar-refractivity contribution in [3.63, 3.8) is 0 Å². The number of aromatic nitrogens is 6. The van der Waals surface area contributed by atoms with Gasteiger partial charge in [0.25, 0.3) is 11.7 Å². The molecule has 0 aliphatic carbocycles. The van der Waals surface area contributed by atoms with Crippen LogP contribution in [0.1, 0.15) is 26.6 Å². The van der Waals surface area contributed by atoms with Gasteiger partial charge in [0.1, 0.15) is 0 Å². The van der Waals surface area contributed by atoms with Crippen molar-refractivity contribution in [2.45, 2.75) is 26.2 Å². The minimum atomic E-state index is -0.149. The predicted molar refractivity (Wildman–Crippen MR) is 50.8 cm³/mol. The lowest BCUT2D eigenvalue weighted by atomic mass is 9.96. The highest BCUT2D eigenvalue weighted by Gasteiger charge is 2.22. The Balaban J connectivity index is 2.36. The summed E-state index contributed by atoms with van der Waals surface area (Å²) in [5.41, 5.74) is -0.149. The topological polar surface area (TPSA) is 82.5 Å². The van der Waals surface area contributed by atoms with Crippen molar-refractivity contribution in [2.75, 3.05) is 0 Å². The van der Waals surface area contributed by atoms with Gasteiger partial charge in [-0.05, 0) is 5.21 Å². The number of aryl methyl sites for hydroxylation is 1. The largest absolute Gasteiger partial charge is 0.330 e. The van der Waals surface area contributed by atoms with Crippen molar-refractivity contribution in [3.05, 3.63) is 5.82 Å². The van der Waals surface area contributed by atoms with Crippen molar-refractivity contribution >= 4 is 0 Å². The van der Waals surface area contributed by atoms with E-state index in [-0.39, 0.29) is 5.41 Å². The van der Waals surface area contributed by atoms with Crippen LogP contribution in [-0.4, -0.2) is 30.3 Å². The van der Waals surface area contributed by atoms with E-state index in [0.29, 0.717) is 17.5 Å². The summed E-state index contributed by atoms with van der Waals surface area (Å²) in [6, 6.07) is 0. The minimum absolute atomic E-state index is 0.149. The molecule has 0 saturated heterocycles. The molecule has 15 heavy (non-hydrogen) atoms. The molecule has 2 aromatic rings. The van der Waals surface area contributed by atoms with Crippen LogP contribution in [-0.2, 0) is 12.5 Å². The molecule has 0 amide bonds. The normalized spacial score (nSPS) is 12.0. The Kier molecular flexibility index (Phi) is 2.02. The summed E-state index contributed by atoms with van der Waals surface area (Å²) in [5, 5.41) is 15.3. The first kappa shape index (κ1) is 9.75. The standard InChI is InChI=1S/C8H12N6O/c1-8(2,3)7-9-6(15-12-7)5-10-13-14(4)11-5/h1-4H3. The van der Waals surface area contributed by atoms with Crippen LogP contribution in [0.2, 0.25) is 0 Å². The highest BCUT2D eigenvalue weighted by molar-refractivity contribution is 5.37. The zero-order chi connectivity index (χ0) is 11.1. The molecule has 7 nitrogen and oxygen atoms in total. The van der Waals surface area contributed by atoms with Crippen LogP contribution in [0.4, 0.5) is 0 Å². The molecule has 7 heteroatoms. The van der Waals surface area contributed by atoms with E-state index in [2.05, 4.69) is 25.6 Å². The minimum Gasteiger partial charge on any atom is -0.330 e. The van der Waals surface area contributed by atoms with E-state index < -0.39 is 0 Å². The summed E-state index contributed by atoms with van der Waals surface area (Å²) in [7, 11) is 1.68. The lowest BCUT2D eigenvalue weighted by Gasteiger charge is -2.10. The van der Waals surface area contributed by atoms with Gasteiger partial charge in [0.2, 0.25) is 0 Å². The maximum Gasteiger partial charge on any atom is 0.299 e. The number of hydrogen-bond acceptors (Lipinski definition) is 6. The lowest BCUT2D eigenvalue weighted by molar-refractivity contribution is 0.400. The van der Waals surface area contributed by atoms with Crippen LogP contribution in [0, 0.1) is 0 Å². The summed E-state index contributed by atoms with van der Waals surface area (Å²) < 4.78 is 5.05. The summed E-state index contributed by atoms with van der Waals surface area (Å²) in [5.74, 6) is 1.28. The van der Waals surface area contributed by atoms with Crippen molar-refractivity contribution in [2.24, 2.45) is 7.05 Å². The fourth-order valence-corrected chi connectivity index (χ4v) is 0.989. The molecular formula is C8H12N6O. The zero-order valence-electron chi connectivity index (χ0n) is 9.09. The van der Waals surface area contributed by atoms with Gasteiger partial charge in [-0.1, -0.05) is 25.9 Å². The Hall–Kier alpha value is -1.79. The summed E-state index contributed by atoms with van der Waals surface area (Å²) in [6.45, 7) is 6.02. The monoisotopic (exact) mass is 208 g/mol. The van der Waals surface area contributed by atoms with Gasteiger partial charge >= 0.3 is 0 Å². The number of nitrogens with zero attached hydrogens (tertiary/aromatic N) is 6. The molecule has 0 unspecified atom stereocenters. The first-order valence-electron chi connectivity index (χ1n) is 4.55. The van der Waals surface area contributed by atoms with E-state index in [1.54, 1.807) is 7.05 Å². The van der Waals surface area contributed by atoms with E-state index in [1.807, 2.05) is 20.8 Å². The first-order valence-corrected chi connectivity index (χ1v) is 4.55. The average molecular weight is 208 g/mol. The van der Waals surface area contributed by atoms with E-state index >= 15 is 0 Å². The molecule has 2 aromatic heterocycles. The summed E-state index contributed by atoms with van der Waals surface area (Å²) >= 11 is 0. The van der Waals surface area contributed by atoms with Crippen LogP contribution >= 0.6 is 0 Å². The number of rotatable bonds is 1. The van der Waals surface area contributed by atoms with Crippen LogP contribution in [0.3, 0.4) is 0 Å². The zero-order valence-corrected chi connectivity index (χ0v) is 9.09. The fraction of sp³-hybridized carbons (Fsp3) is 0.625. The van der Waals surface area contributed by atoms with Crippen molar-refractivity contribution in [3.8, 4) is 11.7 Å². The molecule has 0 N–H and O–H groups in total. The SMILES string of the molecule is Cn1nnc(-c2nc(C(C)(C)C)no2)n1. The second-order valence-corrected chi connectivity index (χ2v) is 4.28. The molecule has 2 rings (SSSR count). The van der Waals surface area contributed by atoms with E-state index in [1.165, 1.54) is 4.80 Å². The van der Waals surface area contributed by atoms with Gasteiger partial charge in [0, 0.05) is 5.41 Å². The molecule has 2 heterocycles. The highest BCUT2D eigenvalue weighted by Crippen LogP contribution is 2.21. The van der Waals surface area contributed by atoms with E-state index in [0.717, 1.165) is 0 Å². The fourth-order valence-electron chi connectivity index (χ4n) is 0.989. The maximum absolute atomic E-state index is 5.05. The van der Waals surface area contributed by atoms with Gasteiger partial charge in [-0.15, -0.1) is 10.2 Å². The Bertz CT molecular complexity index is 465. The third-order valence-electron chi connectivity index (χ3n) is 1.80. The second-order valence-electron chi connectivity index (χ2n) is 4.28. The predicted octanol–water partition coefficient (Wildman–Crippen LogP) is 0.558. The van der Waals surface area contributed by atoms with Gasteiger partial charge in [-0.25, -0.2) is 0 Å². The molecule has 0 atom stereocenters. The number of hydrogen-bond donors (Lipinski definition) is 0. The van der Waals surface area contributed by atoms with Crippen molar-refractivity contribution in [1.82, 2.24) is 30.3 Å². The van der Waals surface area contributed by atoms with Gasteiger partial charge in [0.15, 0.2) is 5.82 Å². The second kappa shape index (κ2) is 3.11. The molecular weight excluding hydrogens is 196 g/mol. The molecule has 0 spiro atoms. The Morgan fingerprint density at radius 2 is 2.00 bits per heavy atom. The van der Waals surface area contributed by atoms with Gasteiger partial charge in [-0.3, -0.25) is 0 Å². The average Bonchev–Trinajstić information content (AvgIpc) is 2.69. The summed E-state index contributed by atoms with van der Waals surface area (Å²) in [4.78, 5) is 5.55. The van der Waals surface area contributed by atoms with Gasteiger partial charge in [-0.2, -0.15) is 9.78 Å². The van der Waals surface area contributed by atoms with E-state index in [4.69, 9.17) is 4.52 Å². The molecule has 0 aliphatic rings. The Morgan fingerprint density at radius 1 is 1.27 bits per heavy atom. The molecule has 0 fully saturated rings. The molecule has 0 bridgehead atoms. The van der Waals surface area contributed by atoms with Crippen LogP contribution in [0.5, 0.6) is 0 Å². The number of tetrazole rings is 1. The van der Waals surface area contributed by atoms with Crippen LogP contribution < -0.4 is 0 Å². The quantitative estimate of drug-likeness (QED) is 0.680. The smallest absolute Gasteiger partial charge is 0.299 e. The lowest BCUT2D eigenvalue weighted by Crippen LogP contribution is -2.13. The van der Waals surface area contributed by atoms with Crippen molar-refractivity contribution in [1.29, 1.82) is 0 Å². The van der Waals surface area contributed by atoms with Gasteiger partial charge in [0.05, 0.1) is 7.05 Å². The molecule has 0 aliphatic heterocycles. The Labute approximate surface area is 86.5 Å².